The molecule has 1 aliphatic heterocycles. The highest BCUT2D eigenvalue weighted by molar-refractivity contribution is 6.12. The molecule has 0 amide bonds. The Morgan fingerprint density at radius 3 is 1.88 bits per heavy atom. The van der Waals surface area contributed by atoms with E-state index in [1.807, 2.05) is 36.4 Å². The van der Waals surface area contributed by atoms with Crippen LogP contribution in [0.2, 0.25) is 0 Å². The van der Waals surface area contributed by atoms with Crippen LogP contribution in [0.25, 0.3) is 27.6 Å². The molecular weight excluding hydrogens is 597 g/mol. The lowest BCUT2D eigenvalue weighted by Crippen LogP contribution is -2.32. The minimum Gasteiger partial charge on any atom is -0.457 e. The number of para-hydroxylation sites is 2. The molecule has 2 aliphatic rings. The third-order valence-corrected chi connectivity index (χ3v) is 9.89. The number of hydrogen-bond acceptors (Lipinski definition) is 2. The van der Waals surface area contributed by atoms with Gasteiger partial charge in [0, 0.05) is 16.7 Å². The first-order valence-electron chi connectivity index (χ1n) is 16.6. The lowest BCUT2D eigenvalue weighted by atomic mass is 9.66. The minimum atomic E-state index is -0.603. The summed E-state index contributed by atoms with van der Waals surface area (Å²) in [4.78, 5) is 9.96. The van der Waals surface area contributed by atoms with Crippen LogP contribution in [-0.4, -0.2) is 12.6 Å². The summed E-state index contributed by atoms with van der Waals surface area (Å²) in [5.74, 6) is 2.32. The van der Waals surface area contributed by atoms with E-state index in [1.54, 1.807) is 0 Å². The van der Waals surface area contributed by atoms with Crippen molar-refractivity contribution < 1.29 is 4.74 Å². The zero-order chi connectivity index (χ0) is 32.8. The number of ether oxygens (including phenoxy) is 1. The van der Waals surface area contributed by atoms with Crippen LogP contribution in [0.1, 0.15) is 38.9 Å². The van der Waals surface area contributed by atoms with Crippen molar-refractivity contribution in [1.29, 1.82) is 0 Å². The van der Waals surface area contributed by atoms with Gasteiger partial charge in [-0.2, -0.15) is 0 Å². The van der Waals surface area contributed by atoms with Crippen molar-refractivity contribution in [2.45, 2.75) is 11.8 Å². The molecule has 0 radical (unpaired) electrons. The summed E-state index contributed by atoms with van der Waals surface area (Å²) in [6.07, 6.45) is 2.93. The summed E-state index contributed by atoms with van der Waals surface area (Å²) < 4.78 is 6.59. The summed E-state index contributed by atoms with van der Waals surface area (Å²) in [6, 6.07) is 57.6. The molecule has 1 aliphatic carbocycles. The van der Waals surface area contributed by atoms with Gasteiger partial charge in [0.2, 0.25) is 0 Å². The Morgan fingerprint density at radius 2 is 1.18 bits per heavy atom. The topological polar surface area (TPSA) is 34.0 Å². The molecule has 49 heavy (non-hydrogen) atoms. The maximum absolute atomic E-state index is 6.59. The fourth-order valence-electron chi connectivity index (χ4n) is 7.78. The van der Waals surface area contributed by atoms with E-state index >= 15 is 0 Å². The van der Waals surface area contributed by atoms with Gasteiger partial charge in [-0.25, -0.2) is 9.98 Å². The van der Waals surface area contributed by atoms with Gasteiger partial charge in [-0.05, 0) is 81.6 Å². The molecular formula is C46H32N2O. The van der Waals surface area contributed by atoms with E-state index in [2.05, 4.69) is 145 Å². The Labute approximate surface area is 286 Å². The van der Waals surface area contributed by atoms with Gasteiger partial charge in [-0.1, -0.05) is 146 Å². The Bertz CT molecular complexity index is 2410. The molecule has 0 atom stereocenters. The quantitative estimate of drug-likeness (QED) is 0.138. The summed E-state index contributed by atoms with van der Waals surface area (Å²) in [7, 11) is 0. The zero-order valence-corrected chi connectivity index (χ0v) is 26.9. The van der Waals surface area contributed by atoms with Crippen LogP contribution in [0, 0.1) is 0 Å². The number of benzene rings is 7. The van der Waals surface area contributed by atoms with Gasteiger partial charge >= 0.3 is 0 Å². The molecule has 232 valence electrons. The fraction of sp³-hybridized carbons (Fsp3) is 0.0435. The van der Waals surface area contributed by atoms with Gasteiger partial charge < -0.3 is 4.74 Å². The predicted octanol–water partition coefficient (Wildman–Crippen LogP) is 11.0. The van der Waals surface area contributed by atoms with E-state index in [9.17, 15) is 0 Å². The van der Waals surface area contributed by atoms with E-state index in [1.165, 1.54) is 33.0 Å². The van der Waals surface area contributed by atoms with Crippen LogP contribution >= 0.6 is 0 Å². The zero-order valence-electron chi connectivity index (χ0n) is 26.9. The number of aliphatic imine (C=N–C) groups is 2. The van der Waals surface area contributed by atoms with Gasteiger partial charge in [-0.15, -0.1) is 0 Å². The summed E-state index contributed by atoms with van der Waals surface area (Å²) in [5.41, 5.74) is 10.4. The van der Waals surface area contributed by atoms with Crippen molar-refractivity contribution in [2.75, 3.05) is 0 Å². The van der Waals surface area contributed by atoms with Gasteiger partial charge in [0.05, 0.1) is 11.1 Å². The maximum atomic E-state index is 6.59. The van der Waals surface area contributed by atoms with Crippen LogP contribution < -0.4 is 4.74 Å². The molecule has 7 aromatic carbocycles. The van der Waals surface area contributed by atoms with Crippen molar-refractivity contribution in [1.82, 2.24) is 0 Å². The number of amidine groups is 1. The van der Waals surface area contributed by atoms with Crippen LogP contribution in [0.4, 0.5) is 0 Å². The first kappa shape index (κ1) is 28.9. The second-order valence-corrected chi connectivity index (χ2v) is 12.6. The average molecular weight is 629 g/mol. The molecule has 0 aromatic heterocycles. The standard InChI is InChI=1S/C46H32N2O/c1-47-45(48-41(32-17-6-3-7-18-32)28-27-31-15-4-2-5-16-31)35-21-14-24-39-44(35)36-29-33-19-8-9-20-34(33)30-40(36)46(39)37-22-10-12-25-42(37)49-43-26-13-11-23-38(43)46/h2-26,28-30H,1,27H2/b41-28-,48-45?. The molecule has 0 bridgehead atoms. The van der Waals surface area contributed by atoms with Crippen molar-refractivity contribution in [3.05, 3.63) is 209 Å². The van der Waals surface area contributed by atoms with Gasteiger partial charge in [0.25, 0.3) is 0 Å². The second kappa shape index (κ2) is 11.7. The molecule has 0 unspecified atom stereocenters. The van der Waals surface area contributed by atoms with Crippen molar-refractivity contribution in [3.8, 4) is 22.6 Å². The third kappa shape index (κ3) is 4.58. The lowest BCUT2D eigenvalue weighted by Gasteiger charge is -2.39. The maximum Gasteiger partial charge on any atom is 0.159 e. The molecule has 0 fully saturated rings. The first-order chi connectivity index (χ1) is 24.3. The van der Waals surface area contributed by atoms with E-state index < -0.39 is 5.41 Å². The molecule has 7 aromatic rings. The van der Waals surface area contributed by atoms with Crippen LogP contribution in [0.15, 0.2) is 180 Å². The predicted molar refractivity (Wildman–Crippen MR) is 202 cm³/mol. The largest absolute Gasteiger partial charge is 0.457 e. The number of fused-ring (bicyclic) bond motifs is 10. The van der Waals surface area contributed by atoms with Crippen molar-refractivity contribution in [2.24, 2.45) is 9.98 Å². The highest BCUT2D eigenvalue weighted by atomic mass is 16.5. The van der Waals surface area contributed by atoms with Gasteiger partial charge in [0.15, 0.2) is 5.84 Å². The van der Waals surface area contributed by atoms with E-state index in [4.69, 9.17) is 9.73 Å². The SMILES string of the molecule is C=NC(=N/C(=C\Cc1ccccc1)c1ccccc1)c1cccc2c1-c1cc3ccccc3cc1C21c2ccccc2Oc2ccccc21. The molecule has 1 spiro atoms. The third-order valence-electron chi connectivity index (χ3n) is 9.89. The smallest absolute Gasteiger partial charge is 0.159 e. The molecule has 0 saturated carbocycles. The number of rotatable bonds is 5. The van der Waals surface area contributed by atoms with Crippen LogP contribution in [0.5, 0.6) is 11.5 Å². The van der Waals surface area contributed by atoms with Crippen molar-refractivity contribution >= 4 is 29.0 Å². The molecule has 9 rings (SSSR count). The Kier molecular flexibility index (Phi) is 6.91. The minimum absolute atomic E-state index is 0.588. The summed E-state index contributed by atoms with van der Waals surface area (Å²) in [5, 5.41) is 2.38. The first-order valence-corrected chi connectivity index (χ1v) is 16.6. The average Bonchev–Trinajstić information content (AvgIpc) is 3.44. The normalized spacial score (nSPS) is 14.0. The van der Waals surface area contributed by atoms with E-state index in [-0.39, 0.29) is 0 Å². The van der Waals surface area contributed by atoms with E-state index in [0.29, 0.717) is 5.84 Å². The Morgan fingerprint density at radius 1 is 0.592 bits per heavy atom. The number of hydrogen-bond donors (Lipinski definition) is 0. The molecule has 1 heterocycles. The van der Waals surface area contributed by atoms with Gasteiger partial charge in [0.1, 0.15) is 11.5 Å². The van der Waals surface area contributed by atoms with Crippen LogP contribution in [-0.2, 0) is 11.8 Å². The monoisotopic (exact) mass is 628 g/mol. The number of allylic oxidation sites excluding steroid dienone is 1. The molecule has 0 saturated heterocycles. The van der Waals surface area contributed by atoms with E-state index in [0.717, 1.165) is 51.4 Å². The fourth-order valence-corrected chi connectivity index (χ4v) is 7.78. The highest BCUT2D eigenvalue weighted by Crippen LogP contribution is 2.63. The summed E-state index contributed by atoms with van der Waals surface area (Å²) >= 11 is 0. The molecule has 3 nitrogen and oxygen atoms in total. The Hall–Kier alpha value is -6.32. The molecule has 0 N–H and O–H groups in total. The number of nitrogens with zero attached hydrogens (tertiary/aromatic N) is 2. The van der Waals surface area contributed by atoms with Crippen molar-refractivity contribution in [3.63, 3.8) is 0 Å². The van der Waals surface area contributed by atoms with Gasteiger partial charge in [-0.3, -0.25) is 0 Å². The highest BCUT2D eigenvalue weighted by Gasteiger charge is 2.51. The summed E-state index contributed by atoms with van der Waals surface area (Å²) in [6.45, 7) is 4.08. The Balaban J connectivity index is 1.34. The van der Waals surface area contributed by atoms with Crippen LogP contribution in [0.3, 0.4) is 0 Å². The lowest BCUT2D eigenvalue weighted by molar-refractivity contribution is 0.436. The second-order valence-electron chi connectivity index (χ2n) is 12.6. The molecule has 3 heteroatoms.